The maximum atomic E-state index is 13.2. The molecule has 0 saturated heterocycles. The molecule has 1 N–H and O–H groups in total. The lowest BCUT2D eigenvalue weighted by Crippen LogP contribution is -2.10. The van der Waals surface area contributed by atoms with Gasteiger partial charge in [-0.15, -0.1) is 11.3 Å². The number of hydrogen-bond donors (Lipinski definition) is 1. The molecule has 0 fully saturated rings. The molecular formula is C16H11BrFNOS. The summed E-state index contributed by atoms with van der Waals surface area (Å²) in [5, 5.41) is 3.73. The molecule has 1 heterocycles. The molecular weight excluding hydrogens is 353 g/mol. The minimum atomic E-state index is -0.294. The van der Waals surface area contributed by atoms with Crippen LogP contribution < -0.4 is 5.32 Å². The first kappa shape index (κ1) is 14.2. The zero-order valence-electron chi connectivity index (χ0n) is 11.1. The molecule has 3 rings (SSSR count). The molecule has 1 amide bonds. The van der Waals surface area contributed by atoms with Crippen molar-refractivity contribution in [2.75, 3.05) is 5.32 Å². The van der Waals surface area contributed by atoms with Gasteiger partial charge in [0.2, 0.25) is 0 Å². The smallest absolute Gasteiger partial charge is 0.265 e. The SMILES string of the molecule is Cc1ccc(NC(=O)c2cc3ccc(F)cc3s2)c(Br)c1. The average Bonchev–Trinajstić information content (AvgIpc) is 2.85. The number of benzene rings is 2. The van der Waals surface area contributed by atoms with Gasteiger partial charge in [-0.25, -0.2) is 4.39 Å². The van der Waals surface area contributed by atoms with Gasteiger partial charge in [0.05, 0.1) is 10.6 Å². The summed E-state index contributed by atoms with van der Waals surface area (Å²) in [4.78, 5) is 12.8. The van der Waals surface area contributed by atoms with Crippen LogP contribution in [-0.4, -0.2) is 5.91 Å². The van der Waals surface area contributed by atoms with E-state index in [4.69, 9.17) is 0 Å². The third-order valence-corrected chi connectivity index (χ3v) is 4.83. The number of thiophene rings is 1. The molecule has 0 unspecified atom stereocenters. The molecule has 106 valence electrons. The third-order valence-electron chi connectivity index (χ3n) is 3.08. The first-order valence-electron chi connectivity index (χ1n) is 6.29. The second-order valence-corrected chi connectivity index (χ2v) is 6.67. The van der Waals surface area contributed by atoms with Gasteiger partial charge < -0.3 is 5.32 Å². The topological polar surface area (TPSA) is 29.1 Å². The van der Waals surface area contributed by atoms with Crippen molar-refractivity contribution >= 4 is 48.9 Å². The Kier molecular flexibility index (Phi) is 3.78. The lowest BCUT2D eigenvalue weighted by atomic mass is 10.2. The van der Waals surface area contributed by atoms with Gasteiger partial charge in [-0.05, 0) is 64.1 Å². The Morgan fingerprint density at radius 2 is 2.00 bits per heavy atom. The van der Waals surface area contributed by atoms with Crippen molar-refractivity contribution in [1.82, 2.24) is 0 Å². The molecule has 3 aromatic rings. The quantitative estimate of drug-likeness (QED) is 0.651. The summed E-state index contributed by atoms with van der Waals surface area (Å²) in [5.41, 5.74) is 1.83. The average molecular weight is 364 g/mol. The molecule has 0 saturated carbocycles. The van der Waals surface area contributed by atoms with Gasteiger partial charge in [0.1, 0.15) is 5.82 Å². The van der Waals surface area contributed by atoms with Crippen LogP contribution in [-0.2, 0) is 0 Å². The molecule has 0 bridgehead atoms. The Morgan fingerprint density at radius 1 is 1.19 bits per heavy atom. The molecule has 0 spiro atoms. The van der Waals surface area contributed by atoms with E-state index in [1.54, 1.807) is 12.1 Å². The fourth-order valence-corrected chi connectivity index (χ4v) is 3.60. The van der Waals surface area contributed by atoms with Crippen molar-refractivity contribution < 1.29 is 9.18 Å². The van der Waals surface area contributed by atoms with Crippen molar-refractivity contribution in [3.63, 3.8) is 0 Å². The summed E-state index contributed by atoms with van der Waals surface area (Å²) in [5.74, 6) is -0.487. The highest BCUT2D eigenvalue weighted by Crippen LogP contribution is 2.28. The zero-order valence-corrected chi connectivity index (χ0v) is 13.5. The highest BCUT2D eigenvalue weighted by Gasteiger charge is 2.12. The van der Waals surface area contributed by atoms with E-state index in [2.05, 4.69) is 21.2 Å². The monoisotopic (exact) mass is 363 g/mol. The van der Waals surface area contributed by atoms with Crippen molar-refractivity contribution in [1.29, 1.82) is 0 Å². The van der Waals surface area contributed by atoms with Crippen LogP contribution in [0, 0.1) is 12.7 Å². The number of amides is 1. The van der Waals surface area contributed by atoms with Gasteiger partial charge in [-0.1, -0.05) is 12.1 Å². The molecule has 0 radical (unpaired) electrons. The van der Waals surface area contributed by atoms with Crippen LogP contribution in [0.2, 0.25) is 0 Å². The first-order valence-corrected chi connectivity index (χ1v) is 7.90. The molecule has 5 heteroatoms. The Bertz CT molecular complexity index is 843. The highest BCUT2D eigenvalue weighted by molar-refractivity contribution is 9.10. The highest BCUT2D eigenvalue weighted by atomic mass is 79.9. The van der Waals surface area contributed by atoms with Gasteiger partial charge in [0.25, 0.3) is 5.91 Å². The molecule has 2 aromatic carbocycles. The Morgan fingerprint density at radius 3 is 2.76 bits per heavy atom. The summed E-state index contributed by atoms with van der Waals surface area (Å²) in [6.07, 6.45) is 0. The number of nitrogens with one attached hydrogen (secondary N) is 1. The van der Waals surface area contributed by atoms with Crippen molar-refractivity contribution in [3.05, 3.63) is 63.2 Å². The number of rotatable bonds is 2. The van der Waals surface area contributed by atoms with Crippen molar-refractivity contribution in [3.8, 4) is 0 Å². The van der Waals surface area contributed by atoms with Gasteiger partial charge in [-0.2, -0.15) is 0 Å². The standard InChI is InChI=1S/C16H11BrFNOS/c1-9-2-5-13(12(17)6-9)19-16(20)15-7-10-3-4-11(18)8-14(10)21-15/h2-8H,1H3,(H,19,20). The maximum absolute atomic E-state index is 13.2. The van der Waals surface area contributed by atoms with E-state index in [-0.39, 0.29) is 11.7 Å². The minimum Gasteiger partial charge on any atom is -0.320 e. The lowest BCUT2D eigenvalue weighted by molar-refractivity contribution is 0.103. The van der Waals surface area contributed by atoms with Crippen LogP contribution >= 0.6 is 27.3 Å². The van der Waals surface area contributed by atoms with Crippen LogP contribution in [0.25, 0.3) is 10.1 Å². The summed E-state index contributed by atoms with van der Waals surface area (Å²) < 4.78 is 14.8. The van der Waals surface area contributed by atoms with E-state index >= 15 is 0 Å². The van der Waals surface area contributed by atoms with E-state index in [0.717, 1.165) is 20.1 Å². The predicted octanol–water partition coefficient (Wildman–Crippen LogP) is 5.36. The number of anilines is 1. The maximum Gasteiger partial charge on any atom is 0.265 e. The summed E-state index contributed by atoms with van der Waals surface area (Å²) in [7, 11) is 0. The molecule has 1 aromatic heterocycles. The molecule has 2 nitrogen and oxygen atoms in total. The number of hydrogen-bond acceptors (Lipinski definition) is 2. The van der Waals surface area contributed by atoms with Crippen LogP contribution in [0.1, 0.15) is 15.2 Å². The Balaban J connectivity index is 1.89. The number of aryl methyl sites for hydroxylation is 1. The largest absolute Gasteiger partial charge is 0.320 e. The molecule has 0 aliphatic heterocycles. The van der Waals surface area contributed by atoms with E-state index < -0.39 is 0 Å². The number of carbonyl (C=O) groups excluding carboxylic acids is 1. The third kappa shape index (κ3) is 2.99. The van der Waals surface area contributed by atoms with E-state index in [0.29, 0.717) is 10.6 Å². The van der Waals surface area contributed by atoms with E-state index in [1.807, 2.05) is 25.1 Å². The number of halogens is 2. The first-order chi connectivity index (χ1) is 10.0. The normalized spacial score (nSPS) is 10.8. The Hall–Kier alpha value is -1.72. The fourth-order valence-electron chi connectivity index (χ4n) is 2.02. The summed E-state index contributed by atoms with van der Waals surface area (Å²) in [6, 6.07) is 12.0. The second-order valence-electron chi connectivity index (χ2n) is 4.73. The number of carbonyl (C=O) groups is 1. The minimum absolute atomic E-state index is 0.193. The Labute approximate surface area is 133 Å². The van der Waals surface area contributed by atoms with Crippen molar-refractivity contribution in [2.45, 2.75) is 6.92 Å². The summed E-state index contributed by atoms with van der Waals surface area (Å²) >= 11 is 4.71. The van der Waals surface area contributed by atoms with Crippen LogP contribution in [0.15, 0.2) is 46.9 Å². The molecule has 21 heavy (non-hydrogen) atoms. The van der Waals surface area contributed by atoms with Gasteiger partial charge >= 0.3 is 0 Å². The predicted molar refractivity (Wildman–Crippen MR) is 88.6 cm³/mol. The van der Waals surface area contributed by atoms with Crippen LogP contribution in [0.3, 0.4) is 0 Å². The fraction of sp³-hybridized carbons (Fsp3) is 0.0625. The van der Waals surface area contributed by atoms with Crippen molar-refractivity contribution in [2.24, 2.45) is 0 Å². The van der Waals surface area contributed by atoms with E-state index in [1.165, 1.54) is 23.5 Å². The molecule has 0 atom stereocenters. The zero-order chi connectivity index (χ0) is 15.0. The molecule has 0 aliphatic rings. The van der Waals surface area contributed by atoms with Gasteiger partial charge in [0.15, 0.2) is 0 Å². The van der Waals surface area contributed by atoms with E-state index in [9.17, 15) is 9.18 Å². The lowest BCUT2D eigenvalue weighted by Gasteiger charge is -2.06. The second kappa shape index (κ2) is 5.58. The van der Waals surface area contributed by atoms with Gasteiger partial charge in [-0.3, -0.25) is 4.79 Å². The van der Waals surface area contributed by atoms with Crippen LogP contribution in [0.4, 0.5) is 10.1 Å². The number of fused-ring (bicyclic) bond motifs is 1. The summed E-state index contributed by atoms with van der Waals surface area (Å²) in [6.45, 7) is 1.98. The van der Waals surface area contributed by atoms with Gasteiger partial charge in [0, 0.05) is 9.17 Å². The van der Waals surface area contributed by atoms with Crippen LogP contribution in [0.5, 0.6) is 0 Å². The molecule has 0 aliphatic carbocycles.